The SMILES string of the molecule is CCCc1cccc(-c2cc(NC(=O)[C@H]3CNC(=O)C3)nn2CCc2ccccc2)c1. The van der Waals surface area contributed by atoms with Crippen LogP contribution in [0.5, 0.6) is 0 Å². The number of nitrogens with zero attached hydrogens (tertiary/aromatic N) is 2. The second-order valence-electron chi connectivity index (χ2n) is 8.02. The Bertz CT molecular complexity index is 1060. The number of nitrogens with one attached hydrogen (secondary N) is 2. The van der Waals surface area contributed by atoms with Gasteiger partial charge in [0.2, 0.25) is 11.8 Å². The first-order valence-electron chi connectivity index (χ1n) is 10.9. The first-order chi connectivity index (χ1) is 15.1. The predicted molar refractivity (Wildman–Crippen MR) is 122 cm³/mol. The van der Waals surface area contributed by atoms with E-state index >= 15 is 0 Å². The summed E-state index contributed by atoms with van der Waals surface area (Å²) >= 11 is 0. The molecule has 2 aromatic carbocycles. The Kier molecular flexibility index (Phi) is 6.46. The Balaban J connectivity index is 1.58. The summed E-state index contributed by atoms with van der Waals surface area (Å²) in [6, 6.07) is 20.7. The Morgan fingerprint density at radius 2 is 1.90 bits per heavy atom. The molecule has 1 aliphatic heterocycles. The largest absolute Gasteiger partial charge is 0.355 e. The van der Waals surface area contributed by atoms with Gasteiger partial charge in [-0.25, -0.2) is 0 Å². The average Bonchev–Trinajstić information content (AvgIpc) is 3.40. The normalized spacial score (nSPS) is 15.6. The molecule has 4 rings (SSSR count). The summed E-state index contributed by atoms with van der Waals surface area (Å²) in [5.41, 5.74) is 4.59. The highest BCUT2D eigenvalue weighted by atomic mass is 16.2. The van der Waals surface area contributed by atoms with Crippen LogP contribution >= 0.6 is 0 Å². The summed E-state index contributed by atoms with van der Waals surface area (Å²) in [6.45, 7) is 3.26. The Morgan fingerprint density at radius 1 is 1.10 bits per heavy atom. The van der Waals surface area contributed by atoms with Gasteiger partial charge in [-0.2, -0.15) is 5.10 Å². The lowest BCUT2D eigenvalue weighted by Crippen LogP contribution is -2.25. The van der Waals surface area contributed by atoms with Gasteiger partial charge >= 0.3 is 0 Å². The van der Waals surface area contributed by atoms with Gasteiger partial charge in [0.05, 0.1) is 11.6 Å². The van der Waals surface area contributed by atoms with E-state index in [0.29, 0.717) is 18.9 Å². The summed E-state index contributed by atoms with van der Waals surface area (Å²) in [6.07, 6.45) is 3.19. The van der Waals surface area contributed by atoms with Gasteiger partial charge in [0.1, 0.15) is 0 Å². The summed E-state index contributed by atoms with van der Waals surface area (Å²) in [5, 5.41) is 10.3. The van der Waals surface area contributed by atoms with Crippen LogP contribution in [-0.2, 0) is 29.0 Å². The minimum absolute atomic E-state index is 0.0815. The molecule has 1 saturated heterocycles. The number of hydrogen-bond acceptors (Lipinski definition) is 3. The Morgan fingerprint density at radius 3 is 2.65 bits per heavy atom. The maximum atomic E-state index is 12.6. The van der Waals surface area contributed by atoms with Crippen molar-refractivity contribution in [3.8, 4) is 11.3 Å². The molecule has 0 bridgehead atoms. The molecule has 2 heterocycles. The van der Waals surface area contributed by atoms with E-state index < -0.39 is 0 Å². The van der Waals surface area contributed by atoms with Crippen molar-refractivity contribution in [3.63, 3.8) is 0 Å². The number of carbonyl (C=O) groups excluding carboxylic acids is 2. The third-order valence-electron chi connectivity index (χ3n) is 5.60. The molecule has 2 N–H and O–H groups in total. The first kappa shape index (κ1) is 20.8. The molecule has 1 atom stereocenters. The zero-order valence-corrected chi connectivity index (χ0v) is 17.8. The number of benzene rings is 2. The highest BCUT2D eigenvalue weighted by molar-refractivity contribution is 5.96. The number of amides is 2. The zero-order chi connectivity index (χ0) is 21.6. The van der Waals surface area contributed by atoms with Crippen molar-refractivity contribution < 1.29 is 9.59 Å². The van der Waals surface area contributed by atoms with E-state index in [2.05, 4.69) is 59.1 Å². The quantitative estimate of drug-likeness (QED) is 0.586. The summed E-state index contributed by atoms with van der Waals surface area (Å²) < 4.78 is 1.96. The van der Waals surface area contributed by atoms with Crippen LogP contribution in [0.1, 0.15) is 30.9 Å². The number of anilines is 1. The number of rotatable bonds is 8. The molecule has 6 nitrogen and oxygen atoms in total. The van der Waals surface area contributed by atoms with Gasteiger partial charge in [-0.15, -0.1) is 0 Å². The van der Waals surface area contributed by atoms with Gasteiger partial charge in [-0.05, 0) is 30.0 Å². The van der Waals surface area contributed by atoms with Gasteiger partial charge in [-0.3, -0.25) is 14.3 Å². The lowest BCUT2D eigenvalue weighted by Gasteiger charge is -2.09. The third-order valence-corrected chi connectivity index (χ3v) is 5.60. The summed E-state index contributed by atoms with van der Waals surface area (Å²) in [5.74, 6) is -0.0779. The predicted octanol–water partition coefficient (Wildman–Crippen LogP) is 3.82. The van der Waals surface area contributed by atoms with E-state index in [-0.39, 0.29) is 24.2 Å². The van der Waals surface area contributed by atoms with E-state index in [9.17, 15) is 9.59 Å². The van der Waals surface area contributed by atoms with Crippen molar-refractivity contribution in [1.29, 1.82) is 0 Å². The lowest BCUT2D eigenvalue weighted by atomic mass is 10.0. The minimum Gasteiger partial charge on any atom is -0.355 e. The van der Waals surface area contributed by atoms with Gasteiger partial charge in [0.15, 0.2) is 5.82 Å². The fourth-order valence-corrected chi connectivity index (χ4v) is 3.95. The summed E-state index contributed by atoms with van der Waals surface area (Å²) in [7, 11) is 0. The highest BCUT2D eigenvalue weighted by Gasteiger charge is 2.28. The van der Waals surface area contributed by atoms with Crippen molar-refractivity contribution in [2.24, 2.45) is 5.92 Å². The maximum Gasteiger partial charge on any atom is 0.230 e. The van der Waals surface area contributed by atoms with Crippen LogP contribution in [0.2, 0.25) is 0 Å². The Labute approximate surface area is 182 Å². The molecule has 6 heteroatoms. The molecule has 31 heavy (non-hydrogen) atoms. The molecule has 0 radical (unpaired) electrons. The molecule has 160 valence electrons. The topological polar surface area (TPSA) is 76.0 Å². The second kappa shape index (κ2) is 9.60. The van der Waals surface area contributed by atoms with E-state index in [4.69, 9.17) is 0 Å². The van der Waals surface area contributed by atoms with Gasteiger partial charge < -0.3 is 10.6 Å². The number of hydrogen-bond donors (Lipinski definition) is 2. The summed E-state index contributed by atoms with van der Waals surface area (Å²) in [4.78, 5) is 24.0. The first-order valence-corrected chi connectivity index (χ1v) is 10.9. The smallest absolute Gasteiger partial charge is 0.230 e. The van der Waals surface area contributed by atoms with Crippen LogP contribution in [0.4, 0.5) is 5.82 Å². The van der Waals surface area contributed by atoms with Crippen molar-refractivity contribution >= 4 is 17.6 Å². The van der Waals surface area contributed by atoms with E-state index in [0.717, 1.165) is 30.5 Å². The number of carbonyl (C=O) groups is 2. The minimum atomic E-state index is -0.349. The third kappa shape index (κ3) is 5.20. The molecule has 3 aromatic rings. The molecular weight excluding hydrogens is 388 g/mol. The molecule has 0 aliphatic carbocycles. The van der Waals surface area contributed by atoms with Crippen LogP contribution in [0.15, 0.2) is 60.7 Å². The average molecular weight is 417 g/mol. The monoisotopic (exact) mass is 416 g/mol. The molecule has 2 amide bonds. The van der Waals surface area contributed by atoms with Crippen LogP contribution < -0.4 is 10.6 Å². The molecule has 1 aliphatic rings. The molecule has 0 unspecified atom stereocenters. The van der Waals surface area contributed by atoms with Crippen LogP contribution in [0, 0.1) is 5.92 Å². The van der Waals surface area contributed by atoms with Crippen molar-refractivity contribution in [3.05, 3.63) is 71.8 Å². The highest BCUT2D eigenvalue weighted by Crippen LogP contribution is 2.25. The van der Waals surface area contributed by atoms with Crippen molar-refractivity contribution in [2.75, 3.05) is 11.9 Å². The molecule has 0 saturated carbocycles. The molecule has 0 spiro atoms. The molecule has 1 aromatic heterocycles. The van der Waals surface area contributed by atoms with Gasteiger partial charge in [-0.1, -0.05) is 61.9 Å². The van der Waals surface area contributed by atoms with Gasteiger partial charge in [0, 0.05) is 31.1 Å². The standard InChI is InChI=1S/C25H28N4O2/c1-2-7-19-10-6-11-20(14-19)22-16-23(27-25(31)21-15-24(30)26-17-21)28-29(22)13-12-18-8-4-3-5-9-18/h3-6,8-11,14,16,21H,2,7,12-13,15,17H2,1H3,(H,26,30)(H,27,28,31)/t21-/m1/s1. The van der Waals surface area contributed by atoms with E-state index in [1.54, 1.807) is 0 Å². The maximum absolute atomic E-state index is 12.6. The van der Waals surface area contributed by atoms with Crippen LogP contribution in [-0.4, -0.2) is 28.1 Å². The van der Waals surface area contributed by atoms with Crippen LogP contribution in [0.25, 0.3) is 11.3 Å². The zero-order valence-electron chi connectivity index (χ0n) is 17.8. The molecular formula is C25H28N4O2. The van der Waals surface area contributed by atoms with Gasteiger partial charge in [0.25, 0.3) is 0 Å². The lowest BCUT2D eigenvalue weighted by molar-refractivity contribution is -0.123. The van der Waals surface area contributed by atoms with Crippen molar-refractivity contribution in [2.45, 2.75) is 39.2 Å². The molecule has 1 fully saturated rings. The van der Waals surface area contributed by atoms with E-state index in [1.807, 2.05) is 28.9 Å². The number of aromatic nitrogens is 2. The Hall–Kier alpha value is -3.41. The van der Waals surface area contributed by atoms with Crippen LogP contribution in [0.3, 0.4) is 0 Å². The van der Waals surface area contributed by atoms with E-state index in [1.165, 1.54) is 11.1 Å². The fraction of sp³-hybridized carbons (Fsp3) is 0.320. The fourth-order valence-electron chi connectivity index (χ4n) is 3.95. The van der Waals surface area contributed by atoms with Crippen molar-refractivity contribution in [1.82, 2.24) is 15.1 Å². The number of aryl methyl sites for hydroxylation is 3. The second-order valence-corrected chi connectivity index (χ2v) is 8.02.